The maximum Gasteiger partial charge on any atom is 0.167 e. The highest BCUT2D eigenvalue weighted by Gasteiger charge is 2.12. The van der Waals surface area contributed by atoms with Crippen molar-refractivity contribution in [1.29, 1.82) is 0 Å². The Morgan fingerprint density at radius 1 is 1.47 bits per heavy atom. The van der Waals surface area contributed by atoms with E-state index in [1.54, 1.807) is 31.4 Å². The summed E-state index contributed by atoms with van der Waals surface area (Å²) in [4.78, 5) is 0. The van der Waals surface area contributed by atoms with Crippen LogP contribution in [0, 0.1) is 0 Å². The summed E-state index contributed by atoms with van der Waals surface area (Å²) in [5.41, 5.74) is 1.92. The van der Waals surface area contributed by atoms with Gasteiger partial charge in [-0.25, -0.2) is 0 Å². The number of aromatic hydroxyl groups is 1. The van der Waals surface area contributed by atoms with Crippen molar-refractivity contribution >= 4 is 5.57 Å². The lowest BCUT2D eigenvalue weighted by atomic mass is 10.0. The van der Waals surface area contributed by atoms with Crippen LogP contribution in [0.2, 0.25) is 0 Å². The molecule has 4 nitrogen and oxygen atoms in total. The van der Waals surface area contributed by atoms with Crippen LogP contribution in [0.25, 0.3) is 5.57 Å². The second-order valence-electron chi connectivity index (χ2n) is 3.61. The molecule has 0 amide bonds. The van der Waals surface area contributed by atoms with Gasteiger partial charge in [0, 0.05) is 24.3 Å². The van der Waals surface area contributed by atoms with Crippen molar-refractivity contribution in [3.63, 3.8) is 0 Å². The molecule has 0 bridgehead atoms. The van der Waals surface area contributed by atoms with Gasteiger partial charge < -0.3 is 14.4 Å². The highest BCUT2D eigenvalue weighted by Crippen LogP contribution is 2.28. The SMILES string of the molecule is C=C(c1cc(COC)no1)c1ccccc1O. The van der Waals surface area contributed by atoms with Crippen LogP contribution < -0.4 is 0 Å². The zero-order valence-corrected chi connectivity index (χ0v) is 9.51. The number of benzene rings is 1. The number of phenolic OH excluding ortho intramolecular Hbond substituents is 1. The Bertz CT molecular complexity index is 531. The Kier molecular flexibility index (Phi) is 3.25. The van der Waals surface area contributed by atoms with Crippen LogP contribution in [0.3, 0.4) is 0 Å². The molecule has 2 rings (SSSR count). The summed E-state index contributed by atoms with van der Waals surface area (Å²) < 4.78 is 10.1. The molecule has 1 aromatic heterocycles. The molecule has 1 heterocycles. The van der Waals surface area contributed by atoms with Crippen molar-refractivity contribution in [1.82, 2.24) is 5.16 Å². The lowest BCUT2D eigenvalue weighted by Crippen LogP contribution is -1.86. The van der Waals surface area contributed by atoms with Crippen molar-refractivity contribution in [2.75, 3.05) is 7.11 Å². The molecule has 0 aliphatic heterocycles. The lowest BCUT2D eigenvalue weighted by Gasteiger charge is -2.03. The summed E-state index contributed by atoms with van der Waals surface area (Å²) in [6.45, 7) is 4.28. The first kappa shape index (κ1) is 11.4. The van der Waals surface area contributed by atoms with Gasteiger partial charge in [0.15, 0.2) is 5.76 Å². The average molecular weight is 231 g/mol. The molecule has 4 heteroatoms. The van der Waals surface area contributed by atoms with Gasteiger partial charge in [-0.1, -0.05) is 29.9 Å². The van der Waals surface area contributed by atoms with Gasteiger partial charge in [0.25, 0.3) is 0 Å². The molecule has 17 heavy (non-hydrogen) atoms. The van der Waals surface area contributed by atoms with Crippen molar-refractivity contribution in [2.45, 2.75) is 6.61 Å². The second-order valence-corrected chi connectivity index (χ2v) is 3.61. The first-order valence-electron chi connectivity index (χ1n) is 5.14. The first-order valence-corrected chi connectivity index (χ1v) is 5.14. The number of para-hydroxylation sites is 1. The maximum absolute atomic E-state index is 9.70. The van der Waals surface area contributed by atoms with Crippen molar-refractivity contribution < 1.29 is 14.4 Å². The molecule has 2 aromatic rings. The number of methoxy groups -OCH3 is 1. The third kappa shape index (κ3) is 2.37. The highest BCUT2D eigenvalue weighted by atomic mass is 16.5. The quantitative estimate of drug-likeness (QED) is 0.878. The molecule has 0 spiro atoms. The van der Waals surface area contributed by atoms with E-state index in [2.05, 4.69) is 11.7 Å². The van der Waals surface area contributed by atoms with Crippen molar-refractivity contribution in [3.8, 4) is 5.75 Å². The van der Waals surface area contributed by atoms with Crippen molar-refractivity contribution in [2.24, 2.45) is 0 Å². The van der Waals surface area contributed by atoms with Gasteiger partial charge >= 0.3 is 0 Å². The molecule has 0 unspecified atom stereocenters. The average Bonchev–Trinajstić information content (AvgIpc) is 2.78. The van der Waals surface area contributed by atoms with E-state index >= 15 is 0 Å². The van der Waals surface area contributed by atoms with Crippen LogP contribution in [0.4, 0.5) is 0 Å². The van der Waals surface area contributed by atoms with Crippen LogP contribution in [-0.4, -0.2) is 17.4 Å². The summed E-state index contributed by atoms with van der Waals surface area (Å²) in [6.07, 6.45) is 0. The Morgan fingerprint density at radius 3 is 2.94 bits per heavy atom. The van der Waals surface area contributed by atoms with Gasteiger partial charge in [0.05, 0.1) is 6.61 Å². The molecule has 0 radical (unpaired) electrons. The van der Waals surface area contributed by atoms with E-state index in [-0.39, 0.29) is 5.75 Å². The predicted molar refractivity (Wildman–Crippen MR) is 63.5 cm³/mol. The molecule has 88 valence electrons. The highest BCUT2D eigenvalue weighted by molar-refractivity contribution is 5.78. The molecule has 0 aliphatic rings. The Balaban J connectivity index is 2.28. The van der Waals surface area contributed by atoms with E-state index in [0.29, 0.717) is 29.2 Å². The third-order valence-electron chi connectivity index (χ3n) is 2.38. The molecular weight excluding hydrogens is 218 g/mol. The van der Waals surface area contributed by atoms with Gasteiger partial charge in [0.1, 0.15) is 11.4 Å². The summed E-state index contributed by atoms with van der Waals surface area (Å²) in [5.74, 6) is 0.695. The Morgan fingerprint density at radius 2 is 2.24 bits per heavy atom. The minimum atomic E-state index is 0.169. The Hall–Kier alpha value is -2.07. The normalized spacial score (nSPS) is 10.4. The van der Waals surface area contributed by atoms with Gasteiger partial charge in [0.2, 0.25) is 0 Å². The number of aromatic nitrogens is 1. The van der Waals surface area contributed by atoms with E-state index in [4.69, 9.17) is 9.26 Å². The monoisotopic (exact) mass is 231 g/mol. The fraction of sp³-hybridized carbons (Fsp3) is 0.154. The number of phenols is 1. The topological polar surface area (TPSA) is 55.5 Å². The standard InChI is InChI=1S/C13H13NO3/c1-9(11-5-3-4-6-12(11)15)13-7-10(8-16-2)14-17-13/h3-7,15H,1,8H2,2H3. The van der Waals surface area contributed by atoms with Crippen LogP contribution in [-0.2, 0) is 11.3 Å². The van der Waals surface area contributed by atoms with Crippen LogP contribution in [0.5, 0.6) is 5.75 Å². The van der Waals surface area contributed by atoms with Gasteiger partial charge in [-0.05, 0) is 6.07 Å². The van der Waals surface area contributed by atoms with E-state index < -0.39 is 0 Å². The molecule has 0 atom stereocenters. The number of hydrogen-bond acceptors (Lipinski definition) is 4. The zero-order valence-electron chi connectivity index (χ0n) is 9.51. The first-order chi connectivity index (χ1) is 8.22. The number of nitrogens with zero attached hydrogens (tertiary/aromatic N) is 1. The number of ether oxygens (including phenoxy) is 1. The van der Waals surface area contributed by atoms with E-state index in [0.717, 1.165) is 0 Å². The molecule has 0 fully saturated rings. The van der Waals surface area contributed by atoms with Crippen LogP contribution >= 0.6 is 0 Å². The minimum Gasteiger partial charge on any atom is -0.507 e. The molecule has 1 aromatic carbocycles. The summed E-state index contributed by atoms with van der Waals surface area (Å²) >= 11 is 0. The zero-order chi connectivity index (χ0) is 12.3. The minimum absolute atomic E-state index is 0.169. The fourth-order valence-corrected chi connectivity index (χ4v) is 1.53. The predicted octanol–water partition coefficient (Wildman–Crippen LogP) is 2.59. The molecule has 0 aliphatic carbocycles. The number of hydrogen-bond donors (Lipinski definition) is 1. The fourth-order valence-electron chi connectivity index (χ4n) is 1.53. The van der Waals surface area contributed by atoms with E-state index in [1.807, 2.05) is 6.07 Å². The summed E-state index contributed by atoms with van der Waals surface area (Å²) in [6, 6.07) is 8.71. The molecule has 1 N–H and O–H groups in total. The van der Waals surface area contributed by atoms with Gasteiger partial charge in [-0.2, -0.15) is 0 Å². The second kappa shape index (κ2) is 4.84. The maximum atomic E-state index is 9.70. The largest absolute Gasteiger partial charge is 0.507 e. The summed E-state index contributed by atoms with van der Waals surface area (Å²) in [5, 5.41) is 13.5. The third-order valence-corrected chi connectivity index (χ3v) is 2.38. The van der Waals surface area contributed by atoms with Crippen LogP contribution in [0.15, 0.2) is 41.4 Å². The van der Waals surface area contributed by atoms with Gasteiger partial charge in [-0.15, -0.1) is 0 Å². The van der Waals surface area contributed by atoms with Crippen LogP contribution in [0.1, 0.15) is 17.0 Å². The molecule has 0 saturated heterocycles. The summed E-state index contributed by atoms with van der Waals surface area (Å²) in [7, 11) is 1.59. The van der Waals surface area contributed by atoms with Crippen molar-refractivity contribution in [3.05, 3.63) is 53.9 Å². The smallest absolute Gasteiger partial charge is 0.167 e. The van der Waals surface area contributed by atoms with E-state index in [1.165, 1.54) is 0 Å². The molecule has 0 saturated carbocycles. The lowest BCUT2D eigenvalue weighted by molar-refractivity contribution is 0.177. The molecular formula is C13H13NO3. The number of rotatable bonds is 4. The Labute approximate surface area is 99.1 Å². The van der Waals surface area contributed by atoms with E-state index in [9.17, 15) is 5.11 Å². The van der Waals surface area contributed by atoms with Gasteiger partial charge in [-0.3, -0.25) is 0 Å².